The number of benzene rings is 2. The quantitative estimate of drug-likeness (QED) is 0.457. The molecule has 0 N–H and O–H groups in total. The number of likely N-dealkylation sites (N-methyl/N-ethyl adjacent to an activating group) is 1. The van der Waals surface area contributed by atoms with E-state index in [0.29, 0.717) is 16.6 Å². The molecule has 0 atom stereocenters. The molecule has 3 aromatic rings. The van der Waals surface area contributed by atoms with Crippen LogP contribution in [-0.4, -0.2) is 58.9 Å². The Balaban J connectivity index is 1.28. The molecule has 2 aliphatic heterocycles. The highest BCUT2D eigenvalue weighted by molar-refractivity contribution is 6.32. The van der Waals surface area contributed by atoms with Crippen LogP contribution < -0.4 is 0 Å². The van der Waals surface area contributed by atoms with E-state index >= 15 is 0 Å². The van der Waals surface area contributed by atoms with Crippen molar-refractivity contribution in [2.24, 2.45) is 10.9 Å². The topological polar surface area (TPSA) is 44.6 Å². The van der Waals surface area contributed by atoms with Gasteiger partial charge in [0.15, 0.2) is 0 Å². The first kappa shape index (κ1) is 24.6. The van der Waals surface area contributed by atoms with Gasteiger partial charge in [0.25, 0.3) is 0 Å². The molecule has 2 aromatic carbocycles. The molecule has 5 rings (SSSR count). The lowest BCUT2D eigenvalue weighted by Crippen LogP contribution is -2.43. The number of halogens is 1. The molecule has 5 nitrogen and oxygen atoms in total. The molecule has 0 radical (unpaired) electrons. The monoisotopic (exact) mass is 497 g/mol. The molecule has 6 heteroatoms. The Morgan fingerprint density at radius 2 is 1.78 bits per heavy atom. The smallest absolute Gasteiger partial charge is 0.136 e. The standard InChI is InChI=1S/C30H32ClN5/c1-21(2)16-27-9-8-26(33-34-27)7-5-23-18-24(6-10-28(23)31)30-19-25-17-22(4-11-29(25)32-30)20-36-14-12-35(3)13-15-36/h4,6,8-11,17-18,21H,12-16,19-20H2,1-3H3. The van der Waals surface area contributed by atoms with Crippen LogP contribution in [0.1, 0.15) is 47.5 Å². The van der Waals surface area contributed by atoms with Crippen molar-refractivity contribution in [3.05, 3.63) is 87.2 Å². The van der Waals surface area contributed by atoms with Crippen LogP contribution in [0, 0.1) is 17.8 Å². The van der Waals surface area contributed by atoms with Gasteiger partial charge in [0, 0.05) is 44.7 Å². The second-order valence-electron chi connectivity index (χ2n) is 10.2. The molecule has 184 valence electrons. The van der Waals surface area contributed by atoms with E-state index < -0.39 is 0 Å². The number of piperazine rings is 1. The normalized spacial score (nSPS) is 16.0. The summed E-state index contributed by atoms with van der Waals surface area (Å²) in [4.78, 5) is 9.85. The summed E-state index contributed by atoms with van der Waals surface area (Å²) in [7, 11) is 2.19. The summed E-state index contributed by atoms with van der Waals surface area (Å²) in [6.07, 6.45) is 1.74. The largest absolute Gasteiger partial charge is 0.304 e. The number of hydrogen-bond donors (Lipinski definition) is 0. The molecular formula is C30H32ClN5. The first-order chi connectivity index (χ1) is 17.4. The SMILES string of the molecule is CC(C)Cc1ccc(C#Cc2cc(C3=Nc4ccc(CN5CCN(C)CC5)cc4C3)ccc2Cl)nn1. The third-order valence-corrected chi connectivity index (χ3v) is 7.05. The molecular weight excluding hydrogens is 466 g/mol. The summed E-state index contributed by atoms with van der Waals surface area (Å²) in [5.74, 6) is 6.84. The van der Waals surface area contributed by atoms with Gasteiger partial charge in [0.1, 0.15) is 5.69 Å². The fraction of sp³-hybridized carbons (Fsp3) is 0.367. The Bertz CT molecular complexity index is 1330. The molecule has 0 bridgehead atoms. The number of nitrogens with zero attached hydrogens (tertiary/aromatic N) is 5. The third-order valence-electron chi connectivity index (χ3n) is 6.72. The molecule has 36 heavy (non-hydrogen) atoms. The fourth-order valence-electron chi connectivity index (χ4n) is 4.67. The van der Waals surface area contributed by atoms with Crippen LogP contribution in [0.4, 0.5) is 5.69 Å². The van der Waals surface area contributed by atoms with Crippen molar-refractivity contribution in [2.75, 3.05) is 33.2 Å². The van der Waals surface area contributed by atoms with E-state index in [9.17, 15) is 0 Å². The number of aliphatic imine (C=N–C) groups is 1. The van der Waals surface area contributed by atoms with Crippen LogP contribution in [0.3, 0.4) is 0 Å². The highest BCUT2D eigenvalue weighted by Gasteiger charge is 2.19. The number of hydrogen-bond acceptors (Lipinski definition) is 5. The number of fused-ring (bicyclic) bond motifs is 1. The first-order valence-electron chi connectivity index (χ1n) is 12.7. The maximum absolute atomic E-state index is 6.48. The van der Waals surface area contributed by atoms with Gasteiger partial charge in [-0.1, -0.05) is 49.6 Å². The van der Waals surface area contributed by atoms with Crippen molar-refractivity contribution < 1.29 is 0 Å². The zero-order valence-electron chi connectivity index (χ0n) is 21.3. The van der Waals surface area contributed by atoms with Crippen LogP contribution in [0.2, 0.25) is 5.02 Å². The van der Waals surface area contributed by atoms with Crippen molar-refractivity contribution in [3.63, 3.8) is 0 Å². The Labute approximate surface area is 219 Å². The summed E-state index contributed by atoms with van der Waals surface area (Å²) in [6.45, 7) is 9.86. The lowest BCUT2D eigenvalue weighted by molar-refractivity contribution is 0.148. The van der Waals surface area contributed by atoms with Gasteiger partial charge in [-0.05, 0) is 72.3 Å². The molecule has 1 fully saturated rings. The maximum atomic E-state index is 6.48. The Hall–Kier alpha value is -3.04. The Morgan fingerprint density at radius 3 is 2.53 bits per heavy atom. The molecule has 0 unspecified atom stereocenters. The minimum absolute atomic E-state index is 0.547. The predicted molar refractivity (Wildman–Crippen MR) is 147 cm³/mol. The van der Waals surface area contributed by atoms with Crippen LogP contribution >= 0.6 is 11.6 Å². The summed E-state index contributed by atoms with van der Waals surface area (Å²) in [6, 6.07) is 16.6. The van der Waals surface area contributed by atoms with Gasteiger partial charge in [0.05, 0.1) is 22.1 Å². The van der Waals surface area contributed by atoms with Gasteiger partial charge in [-0.3, -0.25) is 9.89 Å². The minimum Gasteiger partial charge on any atom is -0.304 e. The molecule has 0 amide bonds. The summed E-state index contributed by atoms with van der Waals surface area (Å²) in [5, 5.41) is 9.18. The van der Waals surface area contributed by atoms with Gasteiger partial charge in [-0.2, -0.15) is 5.10 Å². The zero-order valence-corrected chi connectivity index (χ0v) is 22.0. The van der Waals surface area contributed by atoms with Crippen LogP contribution in [0.5, 0.6) is 0 Å². The van der Waals surface area contributed by atoms with E-state index in [0.717, 1.165) is 73.8 Å². The highest BCUT2D eigenvalue weighted by atomic mass is 35.5. The van der Waals surface area contributed by atoms with Crippen LogP contribution in [0.25, 0.3) is 0 Å². The fourth-order valence-corrected chi connectivity index (χ4v) is 4.83. The minimum atomic E-state index is 0.547. The van der Waals surface area contributed by atoms with Gasteiger partial charge in [-0.25, -0.2) is 0 Å². The molecule has 0 spiro atoms. The Kier molecular flexibility index (Phi) is 7.48. The van der Waals surface area contributed by atoms with Crippen LogP contribution in [0.15, 0.2) is 53.5 Å². The van der Waals surface area contributed by atoms with E-state index in [1.54, 1.807) is 0 Å². The molecule has 0 aliphatic carbocycles. The molecule has 1 aromatic heterocycles. The second kappa shape index (κ2) is 10.9. The second-order valence-corrected chi connectivity index (χ2v) is 10.6. The van der Waals surface area contributed by atoms with Gasteiger partial charge in [0.2, 0.25) is 0 Å². The van der Waals surface area contributed by atoms with E-state index in [1.165, 1.54) is 11.1 Å². The van der Waals surface area contributed by atoms with Crippen molar-refractivity contribution in [1.29, 1.82) is 0 Å². The van der Waals surface area contributed by atoms with Crippen molar-refractivity contribution in [1.82, 2.24) is 20.0 Å². The van der Waals surface area contributed by atoms with E-state index in [1.807, 2.05) is 30.3 Å². The van der Waals surface area contributed by atoms with Crippen LogP contribution in [-0.2, 0) is 19.4 Å². The summed E-state index contributed by atoms with van der Waals surface area (Å²) >= 11 is 6.48. The molecule has 2 aliphatic rings. The number of aromatic nitrogens is 2. The number of rotatable bonds is 5. The van der Waals surface area contributed by atoms with E-state index in [-0.39, 0.29) is 0 Å². The van der Waals surface area contributed by atoms with Gasteiger partial charge in [-0.15, -0.1) is 5.10 Å². The average Bonchev–Trinajstić information content (AvgIpc) is 3.29. The van der Waals surface area contributed by atoms with Crippen molar-refractivity contribution in [3.8, 4) is 11.8 Å². The average molecular weight is 498 g/mol. The Morgan fingerprint density at radius 1 is 0.944 bits per heavy atom. The van der Waals surface area contributed by atoms with Gasteiger partial charge < -0.3 is 4.90 Å². The van der Waals surface area contributed by atoms with Crippen molar-refractivity contribution >= 4 is 23.0 Å². The summed E-state index contributed by atoms with van der Waals surface area (Å²) in [5.41, 5.74) is 8.22. The van der Waals surface area contributed by atoms with Crippen molar-refractivity contribution in [2.45, 2.75) is 33.2 Å². The summed E-state index contributed by atoms with van der Waals surface area (Å²) < 4.78 is 0. The zero-order chi connectivity index (χ0) is 25.1. The van der Waals surface area contributed by atoms with E-state index in [4.69, 9.17) is 16.6 Å². The highest BCUT2D eigenvalue weighted by Crippen LogP contribution is 2.31. The molecule has 3 heterocycles. The lowest BCUT2D eigenvalue weighted by atomic mass is 10.0. The maximum Gasteiger partial charge on any atom is 0.136 e. The predicted octanol–water partition coefficient (Wildman–Crippen LogP) is 5.15. The van der Waals surface area contributed by atoms with Gasteiger partial charge >= 0.3 is 0 Å². The lowest BCUT2D eigenvalue weighted by Gasteiger charge is -2.32. The third kappa shape index (κ3) is 6.02. The first-order valence-corrected chi connectivity index (χ1v) is 13.1. The molecule has 1 saturated heterocycles. The molecule has 0 saturated carbocycles. The van der Waals surface area contributed by atoms with E-state index in [2.05, 4.69) is 70.9 Å².